The van der Waals surface area contributed by atoms with E-state index in [9.17, 15) is 9.59 Å². The van der Waals surface area contributed by atoms with Crippen LogP contribution in [0.15, 0.2) is 72.8 Å². The van der Waals surface area contributed by atoms with Gasteiger partial charge in [-0.25, -0.2) is 9.59 Å². The van der Waals surface area contributed by atoms with Crippen molar-refractivity contribution in [3.63, 3.8) is 0 Å². The smallest absolute Gasteiger partial charge is 0.338 e. The number of benzene rings is 3. The van der Waals surface area contributed by atoms with E-state index in [1.54, 1.807) is 19.1 Å². The molecule has 3 rings (SSSR count). The topological polar surface area (TPSA) is 156 Å². The molecular formula is C70H112O14. The van der Waals surface area contributed by atoms with Crippen LogP contribution in [-0.4, -0.2) is 110 Å². The number of esters is 2. The second kappa shape index (κ2) is 52.5. The molecule has 0 fully saturated rings. The van der Waals surface area contributed by atoms with Crippen LogP contribution in [0.3, 0.4) is 0 Å². The van der Waals surface area contributed by atoms with Gasteiger partial charge in [0.25, 0.3) is 0 Å². The zero-order valence-electron chi connectivity index (χ0n) is 52.6. The van der Waals surface area contributed by atoms with Crippen LogP contribution in [0.4, 0.5) is 0 Å². The molecule has 0 aliphatic carbocycles. The van der Waals surface area contributed by atoms with Gasteiger partial charge in [0.1, 0.15) is 31.3 Å². The standard InChI is InChI=1S/C70H112O14/c1-5-7-9-11-13-15-18-22-26-30-43-78-64-38-34-61(35-39-64)58-83-67-57-63(70(73)82-55-54-77-53-52-76-51-50-75-49-48-74-47-42-71)56-66(80-45-32-28-24-20-17-21-25-29-33-46-81-69(72)60(3)4)68(67)84-59-62-36-40-65(41-37-62)79-44-31-27-23-19-16-14-12-10-8-6-2/h34-41,56-57,71H,3,5-33,42-55,58-59H2,1-2,4H3. The molecule has 84 heavy (non-hydrogen) atoms. The number of hydrogen-bond acceptors (Lipinski definition) is 14. The lowest BCUT2D eigenvalue weighted by Gasteiger charge is -2.19. The molecule has 0 bridgehead atoms. The molecule has 3 aromatic rings. The fourth-order valence-electron chi connectivity index (χ4n) is 9.31. The van der Waals surface area contributed by atoms with E-state index in [4.69, 9.17) is 57.2 Å². The summed E-state index contributed by atoms with van der Waals surface area (Å²) in [5.74, 6) is 1.96. The third-order valence-electron chi connectivity index (χ3n) is 14.4. The normalized spacial score (nSPS) is 11.2. The van der Waals surface area contributed by atoms with Gasteiger partial charge in [-0.05, 0) is 80.1 Å². The van der Waals surface area contributed by atoms with Gasteiger partial charge in [-0.2, -0.15) is 0 Å². The molecule has 0 unspecified atom stereocenters. The SMILES string of the molecule is C=C(C)C(=O)OCCCCCCCCCCCOc1cc(C(=O)OCCOCCOCCOCCOCCO)cc(OCc2ccc(OCCCCCCCCCCCC)cc2)c1OCc1ccc(OCCCCCCCCCCCC)cc1. The average molecular weight is 1180 g/mol. The van der Waals surface area contributed by atoms with Crippen LogP contribution in [0.2, 0.25) is 0 Å². The highest BCUT2D eigenvalue weighted by Crippen LogP contribution is 2.41. The molecule has 476 valence electrons. The van der Waals surface area contributed by atoms with E-state index in [1.807, 2.05) is 48.5 Å². The molecule has 0 radical (unpaired) electrons. The lowest BCUT2D eigenvalue weighted by molar-refractivity contribution is -0.139. The molecule has 0 heterocycles. The van der Waals surface area contributed by atoms with Gasteiger partial charge in [0, 0.05) is 5.57 Å². The van der Waals surface area contributed by atoms with Crippen LogP contribution in [0.5, 0.6) is 28.7 Å². The van der Waals surface area contributed by atoms with E-state index in [1.165, 1.54) is 116 Å². The molecule has 0 amide bonds. The number of carbonyl (C=O) groups excluding carboxylic acids is 2. The zero-order chi connectivity index (χ0) is 60.0. The van der Waals surface area contributed by atoms with Gasteiger partial charge in [0.15, 0.2) is 11.5 Å². The molecular weight excluding hydrogens is 1060 g/mol. The van der Waals surface area contributed by atoms with Crippen molar-refractivity contribution >= 4 is 11.9 Å². The first-order valence-corrected chi connectivity index (χ1v) is 32.8. The fraction of sp³-hybridized carbons (Fsp3) is 0.686. The van der Waals surface area contributed by atoms with Crippen LogP contribution < -0.4 is 23.7 Å². The minimum Gasteiger partial charge on any atom is -0.494 e. The highest BCUT2D eigenvalue weighted by Gasteiger charge is 2.21. The Bertz CT molecular complexity index is 2040. The third kappa shape index (κ3) is 39.0. The van der Waals surface area contributed by atoms with Crippen LogP contribution in [-0.2, 0) is 46.4 Å². The fourth-order valence-corrected chi connectivity index (χ4v) is 9.31. The van der Waals surface area contributed by atoms with E-state index < -0.39 is 5.97 Å². The van der Waals surface area contributed by atoms with Gasteiger partial charge in [-0.1, -0.05) is 205 Å². The Kier molecular flexibility index (Phi) is 45.8. The Hall–Kier alpha value is -4.86. The number of aliphatic hydroxyl groups is 1. The van der Waals surface area contributed by atoms with E-state index >= 15 is 0 Å². The van der Waals surface area contributed by atoms with Crippen LogP contribution in [0, 0.1) is 0 Å². The van der Waals surface area contributed by atoms with E-state index in [0.29, 0.717) is 95.5 Å². The van der Waals surface area contributed by atoms with Gasteiger partial charge >= 0.3 is 11.9 Å². The summed E-state index contributed by atoms with van der Waals surface area (Å²) < 4.78 is 64.9. The largest absolute Gasteiger partial charge is 0.494 e. The summed E-state index contributed by atoms with van der Waals surface area (Å²) in [4.78, 5) is 25.4. The number of ether oxygens (including phenoxy) is 11. The molecule has 0 aromatic heterocycles. The van der Waals surface area contributed by atoms with Crippen LogP contribution in [0.1, 0.15) is 228 Å². The summed E-state index contributed by atoms with van der Waals surface area (Å²) >= 11 is 0. The van der Waals surface area contributed by atoms with Gasteiger partial charge in [0.2, 0.25) is 5.75 Å². The molecule has 3 aromatic carbocycles. The number of rotatable bonds is 59. The van der Waals surface area contributed by atoms with E-state index in [2.05, 4.69) is 20.4 Å². The van der Waals surface area contributed by atoms with Crippen LogP contribution >= 0.6 is 0 Å². The first-order chi connectivity index (χ1) is 41.3. The average Bonchev–Trinajstić information content (AvgIpc) is 3.19. The van der Waals surface area contributed by atoms with Crippen molar-refractivity contribution in [2.24, 2.45) is 0 Å². The number of hydrogen-bond donors (Lipinski definition) is 1. The van der Waals surface area contributed by atoms with Gasteiger partial charge in [0.05, 0.1) is 91.5 Å². The van der Waals surface area contributed by atoms with E-state index in [0.717, 1.165) is 93.3 Å². The van der Waals surface area contributed by atoms with Gasteiger partial charge in [-0.3, -0.25) is 0 Å². The Balaban J connectivity index is 1.66. The molecule has 0 saturated heterocycles. The minimum absolute atomic E-state index is 0.0126. The Labute approximate surface area is 507 Å². The summed E-state index contributed by atoms with van der Waals surface area (Å²) in [6, 6.07) is 19.3. The van der Waals surface area contributed by atoms with Crippen molar-refractivity contribution in [2.45, 2.75) is 220 Å². The second-order valence-corrected chi connectivity index (χ2v) is 22.0. The van der Waals surface area contributed by atoms with Crippen molar-refractivity contribution < 1.29 is 66.8 Å². The molecule has 0 spiro atoms. The quantitative estimate of drug-likeness (QED) is 0.0324. The highest BCUT2D eigenvalue weighted by molar-refractivity contribution is 5.91. The molecule has 0 atom stereocenters. The number of carbonyl (C=O) groups is 2. The van der Waals surface area contributed by atoms with Gasteiger partial charge in [-0.15, -0.1) is 0 Å². The third-order valence-corrected chi connectivity index (χ3v) is 14.4. The number of unbranched alkanes of at least 4 members (excludes halogenated alkanes) is 26. The molecule has 1 N–H and O–H groups in total. The maximum absolute atomic E-state index is 13.8. The maximum atomic E-state index is 13.8. The Morgan fingerprint density at radius 2 is 0.726 bits per heavy atom. The zero-order valence-corrected chi connectivity index (χ0v) is 52.6. The summed E-state index contributed by atoms with van der Waals surface area (Å²) in [5, 5.41) is 8.80. The predicted molar refractivity (Wildman–Crippen MR) is 336 cm³/mol. The molecule has 0 aliphatic heterocycles. The number of aliphatic hydroxyl groups excluding tert-OH is 1. The summed E-state index contributed by atoms with van der Waals surface area (Å²) in [6.45, 7) is 15.4. The maximum Gasteiger partial charge on any atom is 0.338 e. The van der Waals surface area contributed by atoms with Crippen molar-refractivity contribution in [1.29, 1.82) is 0 Å². The van der Waals surface area contributed by atoms with Crippen LogP contribution in [0.25, 0.3) is 0 Å². The first-order valence-electron chi connectivity index (χ1n) is 32.8. The summed E-state index contributed by atoms with van der Waals surface area (Å²) in [6.07, 6.45) is 34.9. The predicted octanol–water partition coefficient (Wildman–Crippen LogP) is 16.7. The van der Waals surface area contributed by atoms with Crippen molar-refractivity contribution in [3.05, 3.63) is 89.5 Å². The van der Waals surface area contributed by atoms with Crippen molar-refractivity contribution in [2.75, 3.05) is 92.5 Å². The summed E-state index contributed by atoms with van der Waals surface area (Å²) in [5.41, 5.74) is 2.57. The monoisotopic (exact) mass is 1180 g/mol. The van der Waals surface area contributed by atoms with Gasteiger partial charge < -0.3 is 57.2 Å². The lowest BCUT2D eigenvalue weighted by Crippen LogP contribution is -2.15. The second-order valence-electron chi connectivity index (χ2n) is 22.0. The molecule has 0 aliphatic rings. The molecule has 0 saturated carbocycles. The van der Waals surface area contributed by atoms with Crippen molar-refractivity contribution in [3.8, 4) is 28.7 Å². The first kappa shape index (κ1) is 73.4. The Morgan fingerprint density at radius 1 is 0.381 bits per heavy atom. The molecule has 14 nitrogen and oxygen atoms in total. The summed E-state index contributed by atoms with van der Waals surface area (Å²) in [7, 11) is 0. The van der Waals surface area contributed by atoms with Crippen molar-refractivity contribution in [1.82, 2.24) is 0 Å². The Morgan fingerprint density at radius 3 is 1.13 bits per heavy atom. The minimum atomic E-state index is -0.540. The highest BCUT2D eigenvalue weighted by atomic mass is 16.6. The molecule has 14 heteroatoms. The lowest BCUT2D eigenvalue weighted by atomic mass is 10.1. The van der Waals surface area contributed by atoms with E-state index in [-0.39, 0.29) is 44.6 Å².